The highest BCUT2D eigenvalue weighted by Gasteiger charge is 2.25. The molecule has 2 nitrogen and oxygen atoms in total. The number of hydrogen-bond donors (Lipinski definition) is 1. The van der Waals surface area contributed by atoms with Gasteiger partial charge in [-0.05, 0) is 18.9 Å². The molecule has 0 bridgehead atoms. The van der Waals surface area contributed by atoms with Gasteiger partial charge in [0.05, 0.1) is 0 Å². The first-order valence-electron chi connectivity index (χ1n) is 4.65. The predicted octanol–water partition coefficient (Wildman–Crippen LogP) is 0.679. The lowest BCUT2D eigenvalue weighted by atomic mass is 10.1. The van der Waals surface area contributed by atoms with Crippen LogP contribution < -0.4 is 5.73 Å². The van der Waals surface area contributed by atoms with Crippen LogP contribution in [0.4, 0.5) is 0 Å². The van der Waals surface area contributed by atoms with Crippen LogP contribution in [0.3, 0.4) is 0 Å². The molecule has 0 aromatic carbocycles. The number of unbranched alkanes of at least 4 members (excludes halogenated alkanes) is 1. The van der Waals surface area contributed by atoms with Gasteiger partial charge in [0.1, 0.15) is 0 Å². The molecule has 68 valence electrons. The molecule has 0 spiro atoms. The summed E-state index contributed by atoms with van der Waals surface area (Å²) in [4.78, 5) is 2.41. The van der Waals surface area contributed by atoms with Gasteiger partial charge in [-0.1, -0.05) is 6.92 Å². The Morgan fingerprint density at radius 3 is 2.83 bits per heavy atom. The molecule has 1 aliphatic heterocycles. The van der Waals surface area contributed by atoms with Crippen molar-refractivity contribution in [3.05, 3.63) is 0 Å². The fourth-order valence-electron chi connectivity index (χ4n) is 1.68. The van der Waals surface area contributed by atoms with E-state index < -0.39 is 0 Å². The molecule has 0 amide bonds. The molecule has 0 radical (unpaired) electrons. The summed E-state index contributed by atoms with van der Waals surface area (Å²) in [5.41, 5.74) is 5.89. The van der Waals surface area contributed by atoms with E-state index in [4.69, 9.17) is 12.2 Å². The monoisotopic (exact) mass is 166 g/mol. The Morgan fingerprint density at radius 2 is 2.33 bits per heavy atom. The SMILES string of the molecule is C#CCCCN1CC(C)C(N)C1. The van der Waals surface area contributed by atoms with E-state index in [0.29, 0.717) is 12.0 Å². The maximum absolute atomic E-state index is 5.89. The molecular formula is C10H18N2. The van der Waals surface area contributed by atoms with Gasteiger partial charge in [0.25, 0.3) is 0 Å². The summed E-state index contributed by atoms with van der Waals surface area (Å²) >= 11 is 0. The Kier molecular flexibility index (Phi) is 3.58. The smallest absolute Gasteiger partial charge is 0.0206 e. The molecule has 0 aromatic rings. The van der Waals surface area contributed by atoms with Crippen molar-refractivity contribution in [2.24, 2.45) is 11.7 Å². The van der Waals surface area contributed by atoms with Gasteiger partial charge in [0, 0.05) is 25.6 Å². The lowest BCUT2D eigenvalue weighted by Gasteiger charge is -2.13. The third-order valence-electron chi connectivity index (χ3n) is 2.54. The summed E-state index contributed by atoms with van der Waals surface area (Å²) in [6, 6.07) is 0.371. The molecule has 0 aliphatic carbocycles. The van der Waals surface area contributed by atoms with Crippen LogP contribution in [0.5, 0.6) is 0 Å². The Bertz CT molecular complexity index is 161. The zero-order valence-electron chi connectivity index (χ0n) is 7.79. The highest BCUT2D eigenvalue weighted by molar-refractivity contribution is 4.86. The standard InChI is InChI=1S/C10H18N2/c1-3-4-5-6-12-7-9(2)10(11)8-12/h1,9-10H,4-8,11H2,2H3. The average molecular weight is 166 g/mol. The van der Waals surface area contributed by atoms with Crippen molar-refractivity contribution in [2.75, 3.05) is 19.6 Å². The average Bonchev–Trinajstić information content (AvgIpc) is 2.32. The first-order chi connectivity index (χ1) is 5.74. The van der Waals surface area contributed by atoms with Gasteiger partial charge in [0.15, 0.2) is 0 Å². The molecule has 1 rings (SSSR count). The molecule has 0 saturated carbocycles. The number of likely N-dealkylation sites (tertiary alicyclic amines) is 1. The third-order valence-corrected chi connectivity index (χ3v) is 2.54. The maximum atomic E-state index is 5.89. The van der Waals surface area contributed by atoms with Crippen molar-refractivity contribution in [1.82, 2.24) is 4.90 Å². The van der Waals surface area contributed by atoms with Crippen LogP contribution in [-0.2, 0) is 0 Å². The molecule has 2 unspecified atom stereocenters. The Hall–Kier alpha value is -0.520. The Balaban J connectivity index is 2.15. The Morgan fingerprint density at radius 1 is 1.58 bits per heavy atom. The first-order valence-corrected chi connectivity index (χ1v) is 4.65. The fraction of sp³-hybridized carbons (Fsp3) is 0.800. The molecule has 1 heterocycles. The first kappa shape index (κ1) is 9.57. The van der Waals surface area contributed by atoms with E-state index in [1.165, 1.54) is 0 Å². The van der Waals surface area contributed by atoms with Crippen LogP contribution in [0.15, 0.2) is 0 Å². The second kappa shape index (κ2) is 4.49. The zero-order chi connectivity index (χ0) is 8.97. The summed E-state index contributed by atoms with van der Waals surface area (Å²) in [6.45, 7) is 5.52. The van der Waals surface area contributed by atoms with Crippen molar-refractivity contribution < 1.29 is 0 Å². The largest absolute Gasteiger partial charge is 0.326 e. The van der Waals surface area contributed by atoms with Gasteiger partial charge in [0.2, 0.25) is 0 Å². The van der Waals surface area contributed by atoms with Gasteiger partial charge in [-0.15, -0.1) is 12.3 Å². The van der Waals surface area contributed by atoms with E-state index in [9.17, 15) is 0 Å². The summed E-state index contributed by atoms with van der Waals surface area (Å²) < 4.78 is 0. The maximum Gasteiger partial charge on any atom is 0.0206 e. The highest BCUT2D eigenvalue weighted by atomic mass is 15.2. The van der Waals surface area contributed by atoms with Gasteiger partial charge in [-0.25, -0.2) is 0 Å². The van der Waals surface area contributed by atoms with Crippen LogP contribution >= 0.6 is 0 Å². The summed E-state index contributed by atoms with van der Waals surface area (Å²) in [5, 5.41) is 0. The van der Waals surface area contributed by atoms with E-state index in [2.05, 4.69) is 17.7 Å². The van der Waals surface area contributed by atoms with Crippen molar-refractivity contribution in [3.8, 4) is 12.3 Å². The van der Waals surface area contributed by atoms with Crippen LogP contribution in [0, 0.1) is 18.3 Å². The van der Waals surface area contributed by atoms with Crippen molar-refractivity contribution >= 4 is 0 Å². The van der Waals surface area contributed by atoms with Gasteiger partial charge in [-0.2, -0.15) is 0 Å². The minimum absolute atomic E-state index is 0.371. The van der Waals surface area contributed by atoms with Crippen molar-refractivity contribution in [2.45, 2.75) is 25.8 Å². The van der Waals surface area contributed by atoms with E-state index in [-0.39, 0.29) is 0 Å². The second-order valence-corrected chi connectivity index (χ2v) is 3.71. The topological polar surface area (TPSA) is 29.3 Å². The minimum atomic E-state index is 0.371. The second-order valence-electron chi connectivity index (χ2n) is 3.71. The summed E-state index contributed by atoms with van der Waals surface area (Å²) in [6.07, 6.45) is 7.17. The van der Waals surface area contributed by atoms with Gasteiger partial charge < -0.3 is 10.6 Å². The quantitative estimate of drug-likeness (QED) is 0.493. The molecule has 2 heteroatoms. The van der Waals surface area contributed by atoms with Gasteiger partial charge >= 0.3 is 0 Å². The zero-order valence-corrected chi connectivity index (χ0v) is 7.79. The summed E-state index contributed by atoms with van der Waals surface area (Å²) in [7, 11) is 0. The Labute approximate surface area is 75.1 Å². The highest BCUT2D eigenvalue weighted by Crippen LogP contribution is 2.14. The summed E-state index contributed by atoms with van der Waals surface area (Å²) in [5.74, 6) is 3.31. The normalized spacial score (nSPS) is 30.4. The molecule has 1 aliphatic rings. The molecular weight excluding hydrogens is 148 g/mol. The molecule has 1 saturated heterocycles. The van der Waals surface area contributed by atoms with E-state index in [1.54, 1.807) is 0 Å². The number of nitrogens with zero attached hydrogens (tertiary/aromatic N) is 1. The lowest BCUT2D eigenvalue weighted by Crippen LogP contribution is -2.28. The molecule has 0 aromatic heterocycles. The van der Waals surface area contributed by atoms with Crippen LogP contribution in [0.25, 0.3) is 0 Å². The molecule has 2 N–H and O–H groups in total. The number of rotatable bonds is 3. The molecule has 12 heavy (non-hydrogen) atoms. The van der Waals surface area contributed by atoms with E-state index in [0.717, 1.165) is 32.5 Å². The van der Waals surface area contributed by atoms with Crippen molar-refractivity contribution in [3.63, 3.8) is 0 Å². The lowest BCUT2D eigenvalue weighted by molar-refractivity contribution is 0.323. The third kappa shape index (κ3) is 2.51. The van der Waals surface area contributed by atoms with E-state index in [1.807, 2.05) is 0 Å². The van der Waals surface area contributed by atoms with Crippen molar-refractivity contribution in [1.29, 1.82) is 0 Å². The van der Waals surface area contributed by atoms with E-state index >= 15 is 0 Å². The predicted molar refractivity (Wildman–Crippen MR) is 51.6 cm³/mol. The fourth-order valence-corrected chi connectivity index (χ4v) is 1.68. The molecule has 2 atom stereocenters. The minimum Gasteiger partial charge on any atom is -0.326 e. The molecule has 1 fully saturated rings. The van der Waals surface area contributed by atoms with Gasteiger partial charge in [-0.3, -0.25) is 0 Å². The number of terminal acetylenes is 1. The van der Waals surface area contributed by atoms with Crippen LogP contribution in [0.1, 0.15) is 19.8 Å². The van der Waals surface area contributed by atoms with Crippen LogP contribution in [0.2, 0.25) is 0 Å². The van der Waals surface area contributed by atoms with Crippen LogP contribution in [-0.4, -0.2) is 30.6 Å². The number of nitrogens with two attached hydrogens (primary N) is 1. The number of hydrogen-bond acceptors (Lipinski definition) is 2.